The summed E-state index contributed by atoms with van der Waals surface area (Å²) >= 11 is 0. The second-order valence-electron chi connectivity index (χ2n) is 10.2. The largest absolute Gasteiger partial charge is 0.461 e. The van der Waals surface area contributed by atoms with Gasteiger partial charge in [0.15, 0.2) is 0 Å². The highest BCUT2D eigenvalue weighted by Gasteiger charge is 2.33. The molecular weight excluding hydrogens is 532 g/mol. The molecule has 0 radical (unpaired) electrons. The van der Waals surface area contributed by atoms with Crippen molar-refractivity contribution in [2.75, 3.05) is 36.0 Å². The van der Waals surface area contributed by atoms with Crippen LogP contribution in [0.25, 0.3) is 11.1 Å². The van der Waals surface area contributed by atoms with Crippen molar-refractivity contribution in [3.05, 3.63) is 83.9 Å². The number of benzene rings is 3. The molecular formula is C31H31F2N3O5. The van der Waals surface area contributed by atoms with Crippen molar-refractivity contribution >= 4 is 29.3 Å². The molecule has 2 aliphatic rings. The van der Waals surface area contributed by atoms with Crippen molar-refractivity contribution in [2.24, 2.45) is 5.92 Å². The molecule has 10 heteroatoms. The summed E-state index contributed by atoms with van der Waals surface area (Å²) < 4.78 is 41.1. The van der Waals surface area contributed by atoms with E-state index >= 15 is 8.78 Å². The van der Waals surface area contributed by atoms with Crippen molar-refractivity contribution in [2.45, 2.75) is 32.5 Å². The van der Waals surface area contributed by atoms with Crippen LogP contribution in [0, 0.1) is 17.6 Å². The summed E-state index contributed by atoms with van der Waals surface area (Å²) in [4.78, 5) is 39.1. The normalized spacial score (nSPS) is 17.3. The minimum Gasteiger partial charge on any atom is -0.461 e. The number of piperidine rings is 1. The van der Waals surface area contributed by atoms with Crippen LogP contribution < -0.4 is 15.1 Å². The number of esters is 1. The molecule has 0 aromatic heterocycles. The number of carbonyl (C=O) groups excluding carboxylic acids is 3. The monoisotopic (exact) mass is 563 g/mol. The molecule has 0 saturated carbocycles. The van der Waals surface area contributed by atoms with Crippen molar-refractivity contribution in [3.8, 4) is 11.1 Å². The molecule has 41 heavy (non-hydrogen) atoms. The van der Waals surface area contributed by atoms with Gasteiger partial charge in [-0.3, -0.25) is 14.5 Å². The van der Waals surface area contributed by atoms with Gasteiger partial charge >= 0.3 is 12.1 Å². The topological polar surface area (TPSA) is 88.2 Å². The molecule has 2 fully saturated rings. The molecule has 5 rings (SSSR count). The van der Waals surface area contributed by atoms with Crippen molar-refractivity contribution in [1.82, 2.24) is 5.32 Å². The van der Waals surface area contributed by atoms with E-state index in [0.717, 1.165) is 5.56 Å². The number of ether oxygens (including phenoxy) is 2. The van der Waals surface area contributed by atoms with Crippen molar-refractivity contribution in [3.63, 3.8) is 0 Å². The molecule has 0 spiro atoms. The van der Waals surface area contributed by atoms with Gasteiger partial charge in [-0.15, -0.1) is 0 Å². The molecule has 2 aliphatic heterocycles. The fourth-order valence-electron chi connectivity index (χ4n) is 5.14. The van der Waals surface area contributed by atoms with Crippen LogP contribution in [0.3, 0.4) is 0 Å². The molecule has 1 N–H and O–H groups in total. The van der Waals surface area contributed by atoms with E-state index in [1.165, 1.54) is 30.0 Å². The van der Waals surface area contributed by atoms with Crippen molar-refractivity contribution < 1.29 is 32.6 Å². The second-order valence-corrected chi connectivity index (χ2v) is 10.2. The molecule has 1 atom stereocenters. The first-order valence-corrected chi connectivity index (χ1v) is 13.6. The van der Waals surface area contributed by atoms with Crippen LogP contribution in [0.15, 0.2) is 66.7 Å². The predicted octanol–water partition coefficient (Wildman–Crippen LogP) is 5.05. The Morgan fingerprint density at radius 3 is 2.44 bits per heavy atom. The number of rotatable bonds is 8. The van der Waals surface area contributed by atoms with Crippen LogP contribution in [0.5, 0.6) is 0 Å². The van der Waals surface area contributed by atoms with Gasteiger partial charge in [0.1, 0.15) is 24.3 Å². The quantitative estimate of drug-likeness (QED) is 0.386. The van der Waals surface area contributed by atoms with Crippen LogP contribution in [0.4, 0.5) is 25.0 Å². The Morgan fingerprint density at radius 2 is 1.76 bits per heavy atom. The number of cyclic esters (lactones) is 1. The fourth-order valence-corrected chi connectivity index (χ4v) is 5.14. The molecule has 214 valence electrons. The highest BCUT2D eigenvalue weighted by atomic mass is 19.1. The van der Waals surface area contributed by atoms with Gasteiger partial charge in [0.05, 0.1) is 30.4 Å². The van der Waals surface area contributed by atoms with E-state index < -0.39 is 23.8 Å². The van der Waals surface area contributed by atoms with E-state index in [9.17, 15) is 14.4 Å². The van der Waals surface area contributed by atoms with Gasteiger partial charge in [0, 0.05) is 25.6 Å². The zero-order valence-electron chi connectivity index (χ0n) is 22.6. The number of carbonyl (C=O) groups is 3. The van der Waals surface area contributed by atoms with E-state index in [0.29, 0.717) is 42.9 Å². The number of halogens is 2. The molecule has 3 aromatic rings. The lowest BCUT2D eigenvalue weighted by Gasteiger charge is -2.33. The first-order valence-electron chi connectivity index (χ1n) is 13.6. The van der Waals surface area contributed by atoms with Gasteiger partial charge < -0.3 is 19.7 Å². The number of amides is 2. The number of nitrogens with one attached hydrogen (secondary N) is 1. The average Bonchev–Trinajstić information content (AvgIpc) is 3.35. The Morgan fingerprint density at radius 1 is 1.00 bits per heavy atom. The molecule has 2 saturated heterocycles. The predicted molar refractivity (Wildman–Crippen MR) is 149 cm³/mol. The smallest absolute Gasteiger partial charge is 0.414 e. The lowest BCUT2D eigenvalue weighted by molar-refractivity contribution is -0.150. The van der Waals surface area contributed by atoms with Gasteiger partial charge in [-0.25, -0.2) is 13.6 Å². The summed E-state index contributed by atoms with van der Waals surface area (Å²) in [5.41, 5.74) is 2.19. The van der Waals surface area contributed by atoms with Crippen LogP contribution in [0.2, 0.25) is 0 Å². The number of anilines is 2. The Labute approximate surface area is 236 Å². The van der Waals surface area contributed by atoms with Crippen LogP contribution in [-0.2, 0) is 25.7 Å². The zero-order valence-corrected chi connectivity index (χ0v) is 22.6. The maximum Gasteiger partial charge on any atom is 0.414 e. The summed E-state index contributed by atoms with van der Waals surface area (Å²) in [6, 6.07) is 18.4. The average molecular weight is 564 g/mol. The third kappa shape index (κ3) is 6.65. The summed E-state index contributed by atoms with van der Waals surface area (Å²) in [5.74, 6) is -1.81. The summed E-state index contributed by atoms with van der Waals surface area (Å²) in [5, 5.41) is 2.60. The third-order valence-electron chi connectivity index (χ3n) is 7.37. The van der Waals surface area contributed by atoms with Crippen molar-refractivity contribution in [1.29, 1.82) is 0 Å². The Balaban J connectivity index is 1.19. The Bertz CT molecular complexity index is 1430. The SMILES string of the molecule is CC(=O)NC[C@H]1CN(c2ccc(-c3ccc(N4CCC(C(=O)OCc5ccccc5)CC4)c(F)c3)c(F)c2)C(=O)O1. The summed E-state index contributed by atoms with van der Waals surface area (Å²) in [6.45, 7) is 2.93. The van der Waals surface area contributed by atoms with Gasteiger partial charge in [-0.2, -0.15) is 0 Å². The molecule has 8 nitrogen and oxygen atoms in total. The van der Waals surface area contributed by atoms with Gasteiger partial charge in [-0.05, 0) is 54.3 Å². The molecule has 0 bridgehead atoms. The second kappa shape index (κ2) is 12.4. The first kappa shape index (κ1) is 28.1. The van der Waals surface area contributed by atoms with E-state index in [1.54, 1.807) is 18.2 Å². The number of hydrogen-bond donors (Lipinski definition) is 1. The van der Waals surface area contributed by atoms with Gasteiger partial charge in [0.25, 0.3) is 0 Å². The van der Waals surface area contributed by atoms with E-state index in [1.807, 2.05) is 35.2 Å². The maximum atomic E-state index is 15.2. The van der Waals surface area contributed by atoms with Crippen LogP contribution >= 0.6 is 0 Å². The van der Waals surface area contributed by atoms with E-state index in [2.05, 4.69) is 5.32 Å². The van der Waals surface area contributed by atoms with Crippen LogP contribution in [0.1, 0.15) is 25.3 Å². The summed E-state index contributed by atoms with van der Waals surface area (Å²) in [7, 11) is 0. The molecule has 2 heterocycles. The van der Waals surface area contributed by atoms with Gasteiger partial charge in [0.2, 0.25) is 5.91 Å². The lowest BCUT2D eigenvalue weighted by atomic mass is 9.96. The third-order valence-corrected chi connectivity index (χ3v) is 7.37. The summed E-state index contributed by atoms with van der Waals surface area (Å²) in [6.07, 6.45) is -0.0673. The minimum absolute atomic E-state index is 0.166. The Kier molecular flexibility index (Phi) is 8.47. The zero-order chi connectivity index (χ0) is 28.9. The maximum absolute atomic E-state index is 15.2. The number of hydrogen-bond acceptors (Lipinski definition) is 6. The number of nitrogens with zero attached hydrogens (tertiary/aromatic N) is 2. The Hall–Kier alpha value is -4.47. The van der Waals surface area contributed by atoms with Gasteiger partial charge in [-0.1, -0.05) is 36.4 Å². The first-order chi connectivity index (χ1) is 19.8. The molecule has 3 aromatic carbocycles. The fraction of sp³-hybridized carbons (Fsp3) is 0.323. The van der Waals surface area contributed by atoms with Crippen LogP contribution in [-0.4, -0.2) is 50.3 Å². The van der Waals surface area contributed by atoms with E-state index in [-0.39, 0.29) is 43.1 Å². The lowest BCUT2D eigenvalue weighted by Crippen LogP contribution is -2.37. The molecule has 0 aliphatic carbocycles. The highest BCUT2D eigenvalue weighted by molar-refractivity contribution is 5.90. The molecule has 0 unspecified atom stereocenters. The minimum atomic E-state index is -0.629. The standard InChI is InChI=1S/C31H31F2N3O5/c1-20(37)34-17-25-18-36(31(39)41-25)24-8-9-26(27(32)16-24)23-7-10-29(28(33)15-23)35-13-11-22(12-14-35)30(38)40-19-21-5-3-2-4-6-21/h2-10,15-16,22,25H,11-14,17-19H2,1H3,(H,34,37)/t25-/m0/s1. The highest BCUT2D eigenvalue weighted by Crippen LogP contribution is 2.33. The van der Waals surface area contributed by atoms with E-state index in [4.69, 9.17) is 9.47 Å². The molecule has 2 amide bonds.